The molecule has 0 atom stereocenters. The Balaban J connectivity index is 1.69. The van der Waals surface area contributed by atoms with Crippen LogP contribution in [0.2, 0.25) is 0 Å². The highest BCUT2D eigenvalue weighted by atomic mass is 15.3. The summed E-state index contributed by atoms with van der Waals surface area (Å²) in [6, 6.07) is 11.6. The molecule has 0 aliphatic carbocycles. The highest BCUT2D eigenvalue weighted by Crippen LogP contribution is 2.17. The van der Waals surface area contributed by atoms with Crippen molar-refractivity contribution in [3.05, 3.63) is 48.8 Å². The number of hydrogen-bond acceptors (Lipinski definition) is 4. The van der Waals surface area contributed by atoms with Gasteiger partial charge in [-0.15, -0.1) is 0 Å². The van der Waals surface area contributed by atoms with E-state index in [1.165, 1.54) is 0 Å². The Morgan fingerprint density at radius 1 is 1.21 bits per heavy atom. The number of fused-ring (bicyclic) bond motifs is 1. The highest BCUT2D eigenvalue weighted by molar-refractivity contribution is 5.83. The summed E-state index contributed by atoms with van der Waals surface area (Å²) in [5.41, 5.74) is 7.44. The number of benzene rings is 1. The topological polar surface area (TPSA) is 68.8 Å². The van der Waals surface area contributed by atoms with Crippen LogP contribution in [0.4, 0.5) is 11.5 Å². The van der Waals surface area contributed by atoms with Gasteiger partial charge in [0.15, 0.2) is 0 Å². The van der Waals surface area contributed by atoms with E-state index in [4.69, 9.17) is 5.73 Å². The molecule has 5 nitrogen and oxygen atoms in total. The van der Waals surface area contributed by atoms with Crippen LogP contribution in [0.1, 0.15) is 0 Å². The van der Waals surface area contributed by atoms with Crippen molar-refractivity contribution in [2.45, 2.75) is 6.54 Å². The maximum absolute atomic E-state index is 5.74. The van der Waals surface area contributed by atoms with Gasteiger partial charge < -0.3 is 11.1 Å². The van der Waals surface area contributed by atoms with Crippen LogP contribution in [-0.2, 0) is 6.54 Å². The van der Waals surface area contributed by atoms with E-state index in [1.807, 2.05) is 47.3 Å². The van der Waals surface area contributed by atoms with Gasteiger partial charge in [0.05, 0.1) is 12.1 Å². The van der Waals surface area contributed by atoms with E-state index in [2.05, 4.69) is 15.4 Å². The lowest BCUT2D eigenvalue weighted by atomic mass is 10.2. The van der Waals surface area contributed by atoms with Gasteiger partial charge in [0.2, 0.25) is 0 Å². The Bertz CT molecular complexity index is 675. The van der Waals surface area contributed by atoms with E-state index >= 15 is 0 Å². The first kappa shape index (κ1) is 11.5. The Labute approximate surface area is 111 Å². The van der Waals surface area contributed by atoms with Gasteiger partial charge in [-0.1, -0.05) is 0 Å². The van der Waals surface area contributed by atoms with Crippen molar-refractivity contribution in [1.82, 2.24) is 14.8 Å². The first-order chi connectivity index (χ1) is 9.31. The predicted molar refractivity (Wildman–Crippen MR) is 76.9 cm³/mol. The molecular formula is C14H15N5. The summed E-state index contributed by atoms with van der Waals surface area (Å²) < 4.78 is 1.88. The van der Waals surface area contributed by atoms with Crippen molar-refractivity contribution in [2.75, 3.05) is 17.6 Å². The van der Waals surface area contributed by atoms with Crippen molar-refractivity contribution in [2.24, 2.45) is 0 Å². The summed E-state index contributed by atoms with van der Waals surface area (Å²) in [6.45, 7) is 1.60. The molecule has 0 bridgehead atoms. The minimum Gasteiger partial charge on any atom is -0.399 e. The molecule has 0 unspecified atom stereocenters. The van der Waals surface area contributed by atoms with Gasteiger partial charge in [0.25, 0.3) is 0 Å². The number of nitrogens with zero attached hydrogens (tertiary/aromatic N) is 3. The minimum absolute atomic E-state index is 0.758. The second kappa shape index (κ2) is 4.97. The van der Waals surface area contributed by atoms with Crippen molar-refractivity contribution >= 4 is 22.4 Å². The Morgan fingerprint density at radius 2 is 2.16 bits per heavy atom. The molecule has 0 saturated heterocycles. The van der Waals surface area contributed by atoms with E-state index in [1.54, 1.807) is 6.20 Å². The number of nitrogens with two attached hydrogens (primary N) is 1. The smallest absolute Gasteiger partial charge is 0.126 e. The van der Waals surface area contributed by atoms with Gasteiger partial charge in [0.1, 0.15) is 5.82 Å². The zero-order chi connectivity index (χ0) is 13.1. The fourth-order valence-electron chi connectivity index (χ4n) is 1.97. The third kappa shape index (κ3) is 2.65. The molecule has 3 N–H and O–H groups in total. The second-order valence-electron chi connectivity index (χ2n) is 4.34. The summed E-state index contributed by atoms with van der Waals surface area (Å²) in [6.07, 6.45) is 3.72. The third-order valence-electron chi connectivity index (χ3n) is 2.92. The second-order valence-corrected chi connectivity index (χ2v) is 4.34. The van der Waals surface area contributed by atoms with Crippen molar-refractivity contribution < 1.29 is 0 Å². The number of anilines is 2. The lowest BCUT2D eigenvalue weighted by molar-refractivity contribution is 0.637. The number of aromatic nitrogens is 3. The van der Waals surface area contributed by atoms with E-state index in [9.17, 15) is 0 Å². The molecule has 0 radical (unpaired) electrons. The maximum Gasteiger partial charge on any atom is 0.126 e. The van der Waals surface area contributed by atoms with Crippen LogP contribution in [-0.4, -0.2) is 21.3 Å². The number of rotatable bonds is 4. The molecule has 0 aliphatic heterocycles. The lowest BCUT2D eigenvalue weighted by Gasteiger charge is -2.07. The molecule has 2 heterocycles. The minimum atomic E-state index is 0.758. The first-order valence-corrected chi connectivity index (χ1v) is 6.19. The molecular weight excluding hydrogens is 238 g/mol. The SMILES string of the molecule is Nc1ccc2nc(NCCn3cccn3)ccc2c1. The number of pyridine rings is 1. The molecule has 3 aromatic rings. The van der Waals surface area contributed by atoms with Crippen LogP contribution in [0, 0.1) is 0 Å². The summed E-state index contributed by atoms with van der Waals surface area (Å²) in [5, 5.41) is 8.49. The van der Waals surface area contributed by atoms with E-state index < -0.39 is 0 Å². The van der Waals surface area contributed by atoms with Gasteiger partial charge in [-0.3, -0.25) is 4.68 Å². The standard InChI is InChI=1S/C14H15N5/c15-12-3-4-13-11(10-12)2-5-14(18-13)16-7-9-19-8-1-6-17-19/h1-6,8,10H,7,9,15H2,(H,16,18). The lowest BCUT2D eigenvalue weighted by Crippen LogP contribution is -2.11. The molecule has 1 aromatic carbocycles. The Morgan fingerprint density at radius 3 is 3.00 bits per heavy atom. The molecule has 19 heavy (non-hydrogen) atoms. The van der Waals surface area contributed by atoms with Crippen molar-refractivity contribution in [1.29, 1.82) is 0 Å². The normalized spacial score (nSPS) is 10.7. The van der Waals surface area contributed by atoms with Crippen molar-refractivity contribution in [3.63, 3.8) is 0 Å². The first-order valence-electron chi connectivity index (χ1n) is 6.19. The van der Waals surface area contributed by atoms with Crippen LogP contribution < -0.4 is 11.1 Å². The average molecular weight is 253 g/mol. The number of nitrogen functional groups attached to an aromatic ring is 1. The molecule has 5 heteroatoms. The maximum atomic E-state index is 5.74. The highest BCUT2D eigenvalue weighted by Gasteiger charge is 1.99. The zero-order valence-corrected chi connectivity index (χ0v) is 10.5. The number of nitrogens with one attached hydrogen (secondary N) is 1. The quantitative estimate of drug-likeness (QED) is 0.699. The van der Waals surface area contributed by atoms with Crippen LogP contribution in [0.5, 0.6) is 0 Å². The van der Waals surface area contributed by atoms with Crippen molar-refractivity contribution in [3.8, 4) is 0 Å². The van der Waals surface area contributed by atoms with E-state index in [0.717, 1.165) is 35.5 Å². The van der Waals surface area contributed by atoms with Gasteiger partial charge in [0, 0.05) is 30.0 Å². The Kier molecular flexibility index (Phi) is 3.02. The molecule has 0 aliphatic rings. The molecule has 0 amide bonds. The molecule has 3 rings (SSSR count). The zero-order valence-electron chi connectivity index (χ0n) is 10.5. The number of hydrogen-bond donors (Lipinski definition) is 2. The van der Waals surface area contributed by atoms with Crippen LogP contribution >= 0.6 is 0 Å². The van der Waals surface area contributed by atoms with Gasteiger partial charge >= 0.3 is 0 Å². The summed E-state index contributed by atoms with van der Waals surface area (Å²) >= 11 is 0. The van der Waals surface area contributed by atoms with Gasteiger partial charge in [-0.25, -0.2) is 4.98 Å². The predicted octanol–water partition coefficient (Wildman–Crippen LogP) is 2.13. The molecule has 0 spiro atoms. The van der Waals surface area contributed by atoms with E-state index in [0.29, 0.717) is 0 Å². The average Bonchev–Trinajstić information content (AvgIpc) is 2.92. The molecule has 96 valence electrons. The molecule has 0 saturated carbocycles. The Hall–Kier alpha value is -2.56. The van der Waals surface area contributed by atoms with E-state index in [-0.39, 0.29) is 0 Å². The fourth-order valence-corrected chi connectivity index (χ4v) is 1.97. The van der Waals surface area contributed by atoms with Gasteiger partial charge in [-0.2, -0.15) is 5.10 Å². The fraction of sp³-hybridized carbons (Fsp3) is 0.143. The van der Waals surface area contributed by atoms with Crippen LogP contribution in [0.15, 0.2) is 48.8 Å². The largest absolute Gasteiger partial charge is 0.399 e. The molecule has 2 aromatic heterocycles. The van der Waals surface area contributed by atoms with Gasteiger partial charge in [-0.05, 0) is 36.4 Å². The summed E-state index contributed by atoms with van der Waals surface area (Å²) in [4.78, 5) is 4.54. The van der Waals surface area contributed by atoms with Crippen LogP contribution in [0.25, 0.3) is 10.9 Å². The summed E-state index contributed by atoms with van der Waals surface area (Å²) in [7, 11) is 0. The third-order valence-corrected chi connectivity index (χ3v) is 2.92. The molecule has 0 fully saturated rings. The van der Waals surface area contributed by atoms with Crippen LogP contribution in [0.3, 0.4) is 0 Å². The monoisotopic (exact) mass is 253 g/mol. The summed E-state index contributed by atoms with van der Waals surface area (Å²) in [5.74, 6) is 0.865.